The molecule has 0 unspecified atom stereocenters. The van der Waals surface area contributed by atoms with Crippen LogP contribution in [0.2, 0.25) is 0 Å². The summed E-state index contributed by atoms with van der Waals surface area (Å²) in [5, 5.41) is 2.93. The Bertz CT molecular complexity index is 659. The molecule has 0 aliphatic rings. The molecule has 0 fully saturated rings. The van der Waals surface area contributed by atoms with Gasteiger partial charge in [0.1, 0.15) is 17.3 Å². The van der Waals surface area contributed by atoms with Crippen LogP contribution < -0.4 is 14.8 Å². The van der Waals surface area contributed by atoms with Crippen LogP contribution in [0.4, 0.5) is 23.2 Å². The van der Waals surface area contributed by atoms with E-state index in [0.717, 1.165) is 0 Å². The van der Waals surface area contributed by atoms with Crippen molar-refractivity contribution >= 4 is 5.69 Å². The van der Waals surface area contributed by atoms with E-state index in [9.17, 15) is 17.6 Å². The van der Waals surface area contributed by atoms with Gasteiger partial charge in [-0.1, -0.05) is 12.1 Å². The number of methoxy groups -OCH3 is 1. The molecule has 0 aromatic heterocycles. The zero-order chi connectivity index (χ0) is 16.9. The zero-order valence-electron chi connectivity index (χ0n) is 12.3. The maximum absolute atomic E-state index is 13.1. The molecule has 0 saturated heterocycles. The number of ether oxygens (including phenoxy) is 2. The minimum atomic E-state index is -4.44. The summed E-state index contributed by atoms with van der Waals surface area (Å²) in [7, 11) is 1.41. The number of halogens is 4. The average Bonchev–Trinajstić information content (AvgIpc) is 2.50. The van der Waals surface area contributed by atoms with Crippen molar-refractivity contribution in [3.8, 4) is 11.5 Å². The van der Waals surface area contributed by atoms with Gasteiger partial charge in [0.05, 0.1) is 12.8 Å². The summed E-state index contributed by atoms with van der Waals surface area (Å²) >= 11 is 0. The number of benzene rings is 2. The highest BCUT2D eigenvalue weighted by atomic mass is 19.4. The number of hydrogen-bond acceptors (Lipinski definition) is 3. The Hall–Kier alpha value is -2.44. The van der Waals surface area contributed by atoms with Crippen molar-refractivity contribution in [3.63, 3.8) is 0 Å². The lowest BCUT2D eigenvalue weighted by Gasteiger charge is -2.15. The maximum atomic E-state index is 13.1. The summed E-state index contributed by atoms with van der Waals surface area (Å²) in [5.74, 6) is 0.00383. The summed E-state index contributed by atoms with van der Waals surface area (Å²) in [6, 6.07) is 10.4. The molecule has 0 heterocycles. The normalized spacial score (nSPS) is 11.2. The van der Waals surface area contributed by atoms with E-state index in [4.69, 9.17) is 9.47 Å². The number of alkyl halides is 3. The average molecular weight is 329 g/mol. The predicted molar refractivity (Wildman–Crippen MR) is 78.3 cm³/mol. The molecule has 0 aliphatic heterocycles. The molecule has 3 nitrogen and oxygen atoms in total. The van der Waals surface area contributed by atoms with Gasteiger partial charge in [0.2, 0.25) is 0 Å². The van der Waals surface area contributed by atoms with E-state index in [0.29, 0.717) is 17.0 Å². The standard InChI is InChI=1S/C16H15F4NO2/c1-22-13-5-6-14(15(8-13)23-10-16(18,19)20)21-9-11-3-2-4-12(17)7-11/h2-8,21H,9-10H2,1H3. The third kappa shape index (κ3) is 5.36. The molecule has 0 amide bonds. The lowest BCUT2D eigenvalue weighted by atomic mass is 10.2. The lowest BCUT2D eigenvalue weighted by molar-refractivity contribution is -0.153. The third-order valence-corrected chi connectivity index (χ3v) is 2.95. The zero-order valence-corrected chi connectivity index (χ0v) is 12.3. The fourth-order valence-corrected chi connectivity index (χ4v) is 1.90. The monoisotopic (exact) mass is 329 g/mol. The molecule has 0 aliphatic carbocycles. The van der Waals surface area contributed by atoms with Crippen molar-refractivity contribution in [2.75, 3.05) is 19.0 Å². The molecular weight excluding hydrogens is 314 g/mol. The minimum absolute atomic E-state index is 0.0121. The molecule has 1 N–H and O–H groups in total. The van der Waals surface area contributed by atoms with E-state index in [1.54, 1.807) is 24.3 Å². The third-order valence-electron chi connectivity index (χ3n) is 2.95. The van der Waals surface area contributed by atoms with Crippen LogP contribution in [0, 0.1) is 5.82 Å². The van der Waals surface area contributed by atoms with Crippen molar-refractivity contribution in [2.24, 2.45) is 0 Å². The van der Waals surface area contributed by atoms with Crippen LogP contribution in [-0.4, -0.2) is 19.9 Å². The van der Waals surface area contributed by atoms with Crippen molar-refractivity contribution < 1.29 is 27.0 Å². The SMILES string of the molecule is COc1ccc(NCc2cccc(F)c2)c(OCC(F)(F)F)c1. The van der Waals surface area contributed by atoms with Crippen molar-refractivity contribution in [1.82, 2.24) is 0 Å². The highest BCUT2D eigenvalue weighted by molar-refractivity contribution is 5.59. The van der Waals surface area contributed by atoms with E-state index < -0.39 is 12.8 Å². The van der Waals surface area contributed by atoms with Gasteiger partial charge in [-0.05, 0) is 29.8 Å². The predicted octanol–water partition coefficient (Wildman–Crippen LogP) is 4.39. The van der Waals surface area contributed by atoms with Crippen molar-refractivity contribution in [2.45, 2.75) is 12.7 Å². The molecule has 0 saturated carbocycles. The second kappa shape index (κ2) is 7.21. The molecule has 2 rings (SSSR count). The first-order valence-corrected chi connectivity index (χ1v) is 6.73. The highest BCUT2D eigenvalue weighted by Gasteiger charge is 2.29. The van der Waals surface area contributed by atoms with Gasteiger partial charge in [0.25, 0.3) is 0 Å². The maximum Gasteiger partial charge on any atom is 0.422 e. The second-order valence-electron chi connectivity index (χ2n) is 4.75. The molecule has 2 aromatic rings. The van der Waals surface area contributed by atoms with Gasteiger partial charge >= 0.3 is 6.18 Å². The van der Waals surface area contributed by atoms with Gasteiger partial charge in [-0.2, -0.15) is 13.2 Å². The molecule has 124 valence electrons. The van der Waals surface area contributed by atoms with Gasteiger partial charge in [-0.15, -0.1) is 0 Å². The fraction of sp³-hybridized carbons (Fsp3) is 0.250. The first-order chi connectivity index (χ1) is 10.9. The van der Waals surface area contributed by atoms with E-state index in [1.165, 1.54) is 25.3 Å². The summed E-state index contributed by atoms with van der Waals surface area (Å²) in [6.07, 6.45) is -4.44. The Kier molecular flexibility index (Phi) is 5.31. The topological polar surface area (TPSA) is 30.5 Å². The summed E-state index contributed by atoms with van der Waals surface area (Å²) < 4.78 is 59.9. The minimum Gasteiger partial charge on any atom is -0.497 e. The van der Waals surface area contributed by atoms with Gasteiger partial charge in [0, 0.05) is 12.6 Å². The smallest absolute Gasteiger partial charge is 0.422 e. The van der Waals surface area contributed by atoms with E-state index in [1.807, 2.05) is 0 Å². The molecular formula is C16H15F4NO2. The number of anilines is 1. The van der Waals surface area contributed by atoms with Crippen LogP contribution in [0.1, 0.15) is 5.56 Å². The Morgan fingerprint density at radius 3 is 2.52 bits per heavy atom. The van der Waals surface area contributed by atoms with Crippen LogP contribution in [0.5, 0.6) is 11.5 Å². The van der Waals surface area contributed by atoms with E-state index in [2.05, 4.69) is 5.32 Å². The Morgan fingerprint density at radius 1 is 1.09 bits per heavy atom. The van der Waals surface area contributed by atoms with Crippen molar-refractivity contribution in [1.29, 1.82) is 0 Å². The first kappa shape index (κ1) is 16.9. The molecule has 0 radical (unpaired) electrons. The van der Waals surface area contributed by atoms with Crippen LogP contribution >= 0.6 is 0 Å². The van der Waals surface area contributed by atoms with E-state index in [-0.39, 0.29) is 18.1 Å². The highest BCUT2D eigenvalue weighted by Crippen LogP contribution is 2.31. The lowest BCUT2D eigenvalue weighted by Crippen LogP contribution is -2.19. The molecule has 2 aromatic carbocycles. The number of hydrogen-bond donors (Lipinski definition) is 1. The summed E-state index contributed by atoms with van der Waals surface area (Å²) in [5.41, 5.74) is 1.02. The number of rotatable bonds is 6. The van der Waals surface area contributed by atoms with Gasteiger partial charge in [0.15, 0.2) is 6.61 Å². The number of nitrogens with one attached hydrogen (secondary N) is 1. The Labute approximate surface area is 130 Å². The van der Waals surface area contributed by atoms with Crippen LogP contribution in [0.3, 0.4) is 0 Å². The fourth-order valence-electron chi connectivity index (χ4n) is 1.90. The van der Waals surface area contributed by atoms with Gasteiger partial charge < -0.3 is 14.8 Å². The van der Waals surface area contributed by atoms with Crippen LogP contribution in [0.25, 0.3) is 0 Å². The van der Waals surface area contributed by atoms with Crippen molar-refractivity contribution in [3.05, 3.63) is 53.8 Å². The van der Waals surface area contributed by atoms with Gasteiger partial charge in [-0.3, -0.25) is 0 Å². The molecule has 7 heteroatoms. The van der Waals surface area contributed by atoms with Crippen LogP contribution in [0.15, 0.2) is 42.5 Å². The van der Waals surface area contributed by atoms with E-state index >= 15 is 0 Å². The van der Waals surface area contributed by atoms with Crippen LogP contribution in [-0.2, 0) is 6.54 Å². The largest absolute Gasteiger partial charge is 0.497 e. The first-order valence-electron chi connectivity index (χ1n) is 6.73. The summed E-state index contributed by atoms with van der Waals surface area (Å²) in [4.78, 5) is 0. The molecule has 23 heavy (non-hydrogen) atoms. The second-order valence-corrected chi connectivity index (χ2v) is 4.75. The Morgan fingerprint density at radius 2 is 1.87 bits per heavy atom. The summed E-state index contributed by atoms with van der Waals surface area (Å²) in [6.45, 7) is -1.17. The molecule has 0 atom stereocenters. The Balaban J connectivity index is 2.13. The van der Waals surface area contributed by atoms with Gasteiger partial charge in [-0.25, -0.2) is 4.39 Å². The quantitative estimate of drug-likeness (QED) is 0.798. The molecule has 0 bridgehead atoms. The molecule has 0 spiro atoms.